The van der Waals surface area contributed by atoms with Gasteiger partial charge in [0.1, 0.15) is 0 Å². The van der Waals surface area contributed by atoms with Gasteiger partial charge in [0.15, 0.2) is 0 Å². The molecule has 1 unspecified atom stereocenters. The van der Waals surface area contributed by atoms with Gasteiger partial charge >= 0.3 is 0 Å². The molecule has 0 amide bonds. The van der Waals surface area contributed by atoms with Crippen molar-refractivity contribution in [2.24, 2.45) is 0 Å². The van der Waals surface area contributed by atoms with Crippen molar-refractivity contribution in [2.75, 3.05) is 0 Å². The average molecular weight is 151 g/mol. The van der Waals surface area contributed by atoms with E-state index in [9.17, 15) is 0 Å². The van der Waals surface area contributed by atoms with Gasteiger partial charge in [0, 0.05) is 0 Å². The number of benzene rings is 1. The molecule has 0 radical (unpaired) electrons. The smallest absolute Gasteiger partial charge is 0.0551 e. The maximum atomic E-state index is 7.30. The van der Waals surface area contributed by atoms with Crippen molar-refractivity contribution in [3.05, 3.63) is 35.4 Å². The first-order valence-electron chi connectivity index (χ1n) is 3.11. The van der Waals surface area contributed by atoms with E-state index in [1.54, 1.807) is 0 Å². The predicted molar refractivity (Wildman–Crippen MR) is 47.7 cm³/mol. The first-order valence-corrected chi connectivity index (χ1v) is 3.69. The zero-order valence-corrected chi connectivity index (χ0v) is 7.04. The summed E-state index contributed by atoms with van der Waals surface area (Å²) in [4.78, 5) is 0. The van der Waals surface area contributed by atoms with Gasteiger partial charge in [-0.2, -0.15) is 0 Å². The molecule has 52 valence electrons. The summed E-state index contributed by atoms with van der Waals surface area (Å²) in [5, 5.41) is 7.30. The fourth-order valence-electron chi connectivity index (χ4n) is 0.813. The van der Waals surface area contributed by atoms with Crippen LogP contribution < -0.4 is 0 Å². The first kappa shape index (κ1) is 7.43. The minimum Gasteiger partial charge on any atom is -0.300 e. The molecule has 1 rings (SSSR count). The van der Waals surface area contributed by atoms with Crippen LogP contribution in [0.15, 0.2) is 24.3 Å². The molecule has 0 aliphatic heterocycles. The van der Waals surface area contributed by atoms with Gasteiger partial charge in [-0.1, -0.05) is 33.0 Å². The van der Waals surface area contributed by atoms with Crippen molar-refractivity contribution in [2.45, 2.75) is 6.92 Å². The molecule has 0 spiro atoms. The average Bonchev–Trinajstić information content (AvgIpc) is 1.88. The summed E-state index contributed by atoms with van der Waals surface area (Å²) in [5.41, 5.74) is 2.72. The monoisotopic (exact) mass is 151 g/mol. The Labute approximate surface area is 63.2 Å². The Bertz CT molecular complexity index is 255. The van der Waals surface area contributed by atoms with Crippen LogP contribution >= 0.6 is 9.24 Å². The van der Waals surface area contributed by atoms with Gasteiger partial charge < -0.3 is 5.41 Å². The minimum absolute atomic E-state index is 0.545. The molecular weight excluding hydrogens is 141 g/mol. The molecule has 1 aromatic carbocycles. The molecule has 10 heavy (non-hydrogen) atoms. The Hall–Kier alpha value is -0.680. The standard InChI is InChI=1S/C8H10NP/c1-6-3-2-4-7(5-6)8(9)10/h2-5,9H,10H2,1H3. The van der Waals surface area contributed by atoms with E-state index in [0.29, 0.717) is 5.45 Å². The van der Waals surface area contributed by atoms with Gasteiger partial charge in [0.2, 0.25) is 0 Å². The molecule has 1 N–H and O–H groups in total. The van der Waals surface area contributed by atoms with Crippen LogP contribution in [0, 0.1) is 12.3 Å². The van der Waals surface area contributed by atoms with E-state index < -0.39 is 0 Å². The van der Waals surface area contributed by atoms with Crippen molar-refractivity contribution in [1.82, 2.24) is 0 Å². The van der Waals surface area contributed by atoms with Crippen LogP contribution in [0.1, 0.15) is 11.1 Å². The van der Waals surface area contributed by atoms with Gasteiger partial charge in [-0.05, 0) is 18.6 Å². The van der Waals surface area contributed by atoms with Crippen LogP contribution in [0.25, 0.3) is 0 Å². The van der Waals surface area contributed by atoms with Gasteiger partial charge in [0.05, 0.1) is 5.45 Å². The summed E-state index contributed by atoms with van der Waals surface area (Å²) in [5.74, 6) is 0. The second-order valence-electron chi connectivity index (χ2n) is 2.28. The summed E-state index contributed by atoms with van der Waals surface area (Å²) in [7, 11) is 2.38. The zero-order valence-electron chi connectivity index (χ0n) is 5.89. The van der Waals surface area contributed by atoms with Crippen LogP contribution in [0.3, 0.4) is 0 Å². The van der Waals surface area contributed by atoms with Crippen LogP contribution in [-0.4, -0.2) is 5.45 Å². The van der Waals surface area contributed by atoms with Crippen molar-refractivity contribution in [1.29, 1.82) is 5.41 Å². The normalized spacial score (nSPS) is 9.40. The molecule has 0 saturated carbocycles. The van der Waals surface area contributed by atoms with Crippen molar-refractivity contribution in [3.8, 4) is 0 Å². The zero-order chi connectivity index (χ0) is 7.56. The summed E-state index contributed by atoms with van der Waals surface area (Å²) in [6, 6.07) is 7.91. The van der Waals surface area contributed by atoms with Crippen LogP contribution in [-0.2, 0) is 0 Å². The highest BCUT2D eigenvalue weighted by Gasteiger charge is 1.92. The Balaban J connectivity index is 3.07. The van der Waals surface area contributed by atoms with E-state index >= 15 is 0 Å². The fraction of sp³-hybridized carbons (Fsp3) is 0.125. The molecule has 0 heterocycles. The number of nitrogens with one attached hydrogen (secondary N) is 1. The molecule has 0 fully saturated rings. The van der Waals surface area contributed by atoms with E-state index in [2.05, 4.69) is 9.24 Å². The molecule has 0 bridgehead atoms. The molecule has 0 aliphatic rings. The lowest BCUT2D eigenvalue weighted by molar-refractivity contribution is 1.44. The van der Waals surface area contributed by atoms with E-state index in [1.807, 2.05) is 31.2 Å². The maximum Gasteiger partial charge on any atom is 0.0551 e. The van der Waals surface area contributed by atoms with Crippen LogP contribution in [0.4, 0.5) is 0 Å². The van der Waals surface area contributed by atoms with E-state index in [1.165, 1.54) is 5.56 Å². The molecule has 1 nitrogen and oxygen atoms in total. The first-order chi connectivity index (χ1) is 4.70. The van der Waals surface area contributed by atoms with E-state index in [4.69, 9.17) is 5.41 Å². The second-order valence-corrected chi connectivity index (χ2v) is 2.86. The SMILES string of the molecule is Cc1cccc(C(=N)P)c1. The Morgan fingerprint density at radius 1 is 1.50 bits per heavy atom. The number of aryl methyl sites for hydroxylation is 1. The third-order valence-corrected chi connectivity index (χ3v) is 1.66. The quantitative estimate of drug-likeness (QED) is 0.470. The predicted octanol–water partition coefficient (Wildman–Crippen LogP) is 2.20. The molecule has 2 heteroatoms. The van der Waals surface area contributed by atoms with Gasteiger partial charge in [0.25, 0.3) is 0 Å². The van der Waals surface area contributed by atoms with E-state index in [-0.39, 0.29) is 0 Å². The number of rotatable bonds is 1. The van der Waals surface area contributed by atoms with Gasteiger partial charge in [-0.3, -0.25) is 0 Å². The molecule has 0 aromatic heterocycles. The Kier molecular flexibility index (Phi) is 2.18. The van der Waals surface area contributed by atoms with Crippen LogP contribution in [0.5, 0.6) is 0 Å². The number of hydrogen-bond donors (Lipinski definition) is 1. The van der Waals surface area contributed by atoms with E-state index in [0.717, 1.165) is 5.56 Å². The summed E-state index contributed by atoms with van der Waals surface area (Å²) >= 11 is 0. The lowest BCUT2D eigenvalue weighted by Crippen LogP contribution is -1.86. The lowest BCUT2D eigenvalue weighted by Gasteiger charge is -1.97. The minimum atomic E-state index is 0.545. The van der Waals surface area contributed by atoms with Crippen molar-refractivity contribution in [3.63, 3.8) is 0 Å². The molecule has 1 atom stereocenters. The van der Waals surface area contributed by atoms with Crippen molar-refractivity contribution < 1.29 is 0 Å². The second kappa shape index (κ2) is 2.94. The third kappa shape index (κ3) is 1.65. The molecular formula is C8H10NP. The molecule has 0 saturated heterocycles. The summed E-state index contributed by atoms with van der Waals surface area (Å²) in [6.45, 7) is 2.02. The topological polar surface area (TPSA) is 23.9 Å². The number of hydrogen-bond acceptors (Lipinski definition) is 1. The molecule has 0 aliphatic carbocycles. The summed E-state index contributed by atoms with van der Waals surface area (Å²) < 4.78 is 0. The highest BCUT2D eigenvalue weighted by molar-refractivity contribution is 7.41. The fourth-order valence-corrected chi connectivity index (χ4v) is 0.992. The van der Waals surface area contributed by atoms with Gasteiger partial charge in [-0.15, -0.1) is 0 Å². The lowest BCUT2D eigenvalue weighted by atomic mass is 10.1. The van der Waals surface area contributed by atoms with Crippen LogP contribution in [0.2, 0.25) is 0 Å². The largest absolute Gasteiger partial charge is 0.300 e. The Morgan fingerprint density at radius 2 is 2.20 bits per heavy atom. The van der Waals surface area contributed by atoms with Crippen molar-refractivity contribution >= 4 is 14.7 Å². The molecule has 1 aromatic rings. The van der Waals surface area contributed by atoms with Gasteiger partial charge in [-0.25, -0.2) is 0 Å². The Morgan fingerprint density at radius 3 is 2.60 bits per heavy atom. The third-order valence-electron chi connectivity index (χ3n) is 1.33. The highest BCUT2D eigenvalue weighted by Crippen LogP contribution is 2.07. The maximum absolute atomic E-state index is 7.30. The summed E-state index contributed by atoms with van der Waals surface area (Å²) in [6.07, 6.45) is 0. The highest BCUT2D eigenvalue weighted by atomic mass is 31.0.